The van der Waals surface area contributed by atoms with Gasteiger partial charge in [0.05, 0.1) is 6.10 Å². The summed E-state index contributed by atoms with van der Waals surface area (Å²) in [5.74, 6) is 2.56. The van der Waals surface area contributed by atoms with Crippen molar-refractivity contribution >= 4 is 11.6 Å². The monoisotopic (exact) mass is 264 g/mol. The zero-order chi connectivity index (χ0) is 12.7. The lowest BCUT2D eigenvalue weighted by atomic mass is 9.83. The molecule has 1 aromatic carbocycles. The molecule has 0 radical (unpaired) electrons. The molecule has 0 amide bonds. The third-order valence-electron chi connectivity index (χ3n) is 5.08. The molecule has 3 rings (SSSR count). The van der Waals surface area contributed by atoms with E-state index in [2.05, 4.69) is 0 Å². The highest BCUT2D eigenvalue weighted by molar-refractivity contribution is 6.31. The summed E-state index contributed by atoms with van der Waals surface area (Å²) in [5.41, 5.74) is 2.06. The van der Waals surface area contributed by atoms with Gasteiger partial charge in [-0.15, -0.1) is 0 Å². The van der Waals surface area contributed by atoms with Crippen LogP contribution in [0.2, 0.25) is 5.02 Å². The molecule has 1 aromatic rings. The minimum Gasteiger partial charge on any atom is -0.388 e. The Morgan fingerprint density at radius 1 is 1.33 bits per heavy atom. The van der Waals surface area contributed by atoms with Crippen LogP contribution in [0.4, 0.5) is 0 Å². The van der Waals surface area contributed by atoms with Crippen LogP contribution in [0.25, 0.3) is 0 Å². The number of halogens is 1. The maximum absolute atomic E-state index is 10.5. The smallest absolute Gasteiger partial charge is 0.0795 e. The number of benzene rings is 1. The highest BCUT2D eigenvalue weighted by Gasteiger charge is 2.40. The Hall–Kier alpha value is -0.530. The molecule has 2 fully saturated rings. The second-order valence-electron chi connectivity index (χ2n) is 6.14. The average Bonchev–Trinajstić information content (AvgIpc) is 2.94. The number of fused-ring (bicyclic) bond motifs is 2. The van der Waals surface area contributed by atoms with Crippen molar-refractivity contribution in [3.8, 4) is 0 Å². The molecule has 18 heavy (non-hydrogen) atoms. The molecule has 4 unspecified atom stereocenters. The van der Waals surface area contributed by atoms with Crippen LogP contribution in [0, 0.1) is 24.7 Å². The van der Waals surface area contributed by atoms with Crippen molar-refractivity contribution in [2.24, 2.45) is 17.8 Å². The van der Waals surface area contributed by atoms with E-state index in [9.17, 15) is 5.11 Å². The van der Waals surface area contributed by atoms with Gasteiger partial charge in [0, 0.05) is 5.02 Å². The average molecular weight is 265 g/mol. The van der Waals surface area contributed by atoms with E-state index in [1.165, 1.54) is 25.7 Å². The van der Waals surface area contributed by atoms with Crippen LogP contribution < -0.4 is 0 Å². The fraction of sp³-hybridized carbons (Fsp3) is 0.625. The minimum absolute atomic E-state index is 0.340. The van der Waals surface area contributed by atoms with Crippen LogP contribution in [-0.2, 0) is 0 Å². The molecule has 4 atom stereocenters. The van der Waals surface area contributed by atoms with Gasteiger partial charge in [-0.1, -0.05) is 30.2 Å². The highest BCUT2D eigenvalue weighted by atomic mass is 35.5. The van der Waals surface area contributed by atoms with Crippen LogP contribution in [0.3, 0.4) is 0 Å². The Morgan fingerprint density at radius 2 is 2.17 bits per heavy atom. The Morgan fingerprint density at radius 3 is 2.83 bits per heavy atom. The van der Waals surface area contributed by atoms with Crippen molar-refractivity contribution in [1.82, 2.24) is 0 Å². The van der Waals surface area contributed by atoms with E-state index in [0.29, 0.717) is 0 Å². The van der Waals surface area contributed by atoms with Gasteiger partial charge >= 0.3 is 0 Å². The largest absolute Gasteiger partial charge is 0.388 e. The topological polar surface area (TPSA) is 20.2 Å². The standard InChI is InChI=1S/C16H21ClO/c1-10-14(3-2-4-15(10)17)16(18)9-13-8-11-5-6-12(13)7-11/h2-4,11-13,16,18H,5-9H2,1H3. The molecule has 1 N–H and O–H groups in total. The van der Waals surface area contributed by atoms with Gasteiger partial charge in [0.2, 0.25) is 0 Å². The van der Waals surface area contributed by atoms with Crippen LogP contribution in [0.1, 0.15) is 49.3 Å². The second kappa shape index (κ2) is 4.86. The van der Waals surface area contributed by atoms with E-state index >= 15 is 0 Å². The lowest BCUT2D eigenvalue weighted by Crippen LogP contribution is -2.14. The van der Waals surface area contributed by atoms with Crippen molar-refractivity contribution in [1.29, 1.82) is 0 Å². The van der Waals surface area contributed by atoms with E-state index in [4.69, 9.17) is 11.6 Å². The van der Waals surface area contributed by atoms with Gasteiger partial charge in [-0.2, -0.15) is 0 Å². The van der Waals surface area contributed by atoms with Crippen molar-refractivity contribution in [2.75, 3.05) is 0 Å². The summed E-state index contributed by atoms with van der Waals surface area (Å²) in [6.45, 7) is 2.00. The summed E-state index contributed by atoms with van der Waals surface area (Å²) in [5, 5.41) is 11.2. The molecule has 0 heterocycles. The number of aliphatic hydroxyl groups is 1. The maximum atomic E-state index is 10.5. The van der Waals surface area contributed by atoms with E-state index < -0.39 is 0 Å². The summed E-state index contributed by atoms with van der Waals surface area (Å²) in [7, 11) is 0. The molecule has 1 nitrogen and oxygen atoms in total. The third-order valence-corrected chi connectivity index (χ3v) is 5.49. The fourth-order valence-electron chi connectivity index (χ4n) is 4.06. The van der Waals surface area contributed by atoms with Crippen LogP contribution in [0.15, 0.2) is 18.2 Å². The Kier molecular flexibility index (Phi) is 3.38. The number of hydrogen-bond donors (Lipinski definition) is 1. The lowest BCUT2D eigenvalue weighted by molar-refractivity contribution is 0.125. The minimum atomic E-state index is -0.340. The molecule has 2 aliphatic rings. The quantitative estimate of drug-likeness (QED) is 0.852. The molecule has 0 saturated heterocycles. The zero-order valence-electron chi connectivity index (χ0n) is 10.9. The van der Waals surface area contributed by atoms with Gasteiger partial charge in [-0.25, -0.2) is 0 Å². The van der Waals surface area contributed by atoms with Gasteiger partial charge in [0.1, 0.15) is 0 Å². The molecule has 2 saturated carbocycles. The van der Waals surface area contributed by atoms with Crippen LogP contribution in [-0.4, -0.2) is 5.11 Å². The Balaban J connectivity index is 1.71. The van der Waals surface area contributed by atoms with Gasteiger partial charge in [-0.05, 0) is 67.6 Å². The van der Waals surface area contributed by atoms with Crippen molar-refractivity contribution in [3.63, 3.8) is 0 Å². The Bertz CT molecular complexity index is 443. The molecular formula is C16H21ClO. The van der Waals surface area contributed by atoms with E-state index in [-0.39, 0.29) is 6.10 Å². The number of aliphatic hydroxyl groups excluding tert-OH is 1. The summed E-state index contributed by atoms with van der Waals surface area (Å²) in [6.07, 6.45) is 6.13. The van der Waals surface area contributed by atoms with E-state index in [1.54, 1.807) is 0 Å². The van der Waals surface area contributed by atoms with Gasteiger partial charge in [-0.3, -0.25) is 0 Å². The van der Waals surface area contributed by atoms with Gasteiger partial charge < -0.3 is 5.11 Å². The lowest BCUT2D eigenvalue weighted by Gasteiger charge is -2.25. The Labute approximate surface area is 114 Å². The van der Waals surface area contributed by atoms with Crippen molar-refractivity contribution < 1.29 is 5.11 Å². The third kappa shape index (κ3) is 2.19. The second-order valence-corrected chi connectivity index (χ2v) is 6.55. The van der Waals surface area contributed by atoms with Gasteiger partial charge in [0.25, 0.3) is 0 Å². The summed E-state index contributed by atoms with van der Waals surface area (Å²) in [6, 6.07) is 5.85. The molecule has 98 valence electrons. The molecule has 0 aromatic heterocycles. The SMILES string of the molecule is Cc1c(Cl)cccc1C(O)CC1CC2CCC1C2. The summed E-state index contributed by atoms with van der Waals surface area (Å²) < 4.78 is 0. The van der Waals surface area contributed by atoms with E-state index in [1.807, 2.05) is 25.1 Å². The predicted octanol–water partition coefficient (Wildman–Crippen LogP) is 4.51. The van der Waals surface area contributed by atoms with Crippen LogP contribution in [0.5, 0.6) is 0 Å². The number of hydrogen-bond acceptors (Lipinski definition) is 1. The first-order valence-corrected chi connectivity index (χ1v) is 7.46. The molecule has 2 aliphatic carbocycles. The molecule has 0 aliphatic heterocycles. The molecular weight excluding hydrogens is 244 g/mol. The van der Waals surface area contributed by atoms with E-state index in [0.717, 1.165) is 40.3 Å². The first kappa shape index (κ1) is 12.5. The molecule has 0 spiro atoms. The first-order valence-electron chi connectivity index (χ1n) is 7.08. The van der Waals surface area contributed by atoms with Crippen molar-refractivity contribution in [2.45, 2.75) is 45.1 Å². The highest BCUT2D eigenvalue weighted by Crippen LogP contribution is 2.51. The summed E-state index contributed by atoms with van der Waals surface area (Å²) >= 11 is 6.13. The normalized spacial score (nSPS) is 31.8. The predicted molar refractivity (Wildman–Crippen MR) is 74.7 cm³/mol. The van der Waals surface area contributed by atoms with Gasteiger partial charge in [0.15, 0.2) is 0 Å². The number of rotatable bonds is 3. The molecule has 2 bridgehead atoms. The fourth-order valence-corrected chi connectivity index (χ4v) is 4.25. The van der Waals surface area contributed by atoms with Crippen molar-refractivity contribution in [3.05, 3.63) is 34.3 Å². The van der Waals surface area contributed by atoms with Crippen LogP contribution >= 0.6 is 11.6 Å². The molecule has 2 heteroatoms. The maximum Gasteiger partial charge on any atom is 0.0795 e. The summed E-state index contributed by atoms with van der Waals surface area (Å²) in [4.78, 5) is 0. The zero-order valence-corrected chi connectivity index (χ0v) is 11.7. The first-order chi connectivity index (χ1) is 8.65.